The maximum absolute atomic E-state index is 4.49. The zero-order chi connectivity index (χ0) is 13.2. The van der Waals surface area contributed by atoms with E-state index in [4.69, 9.17) is 0 Å². The SMILES string of the molecule is Cc1ccc(CN2CCCC2c2n[nH]c(C)n2)cc1. The molecule has 1 aliphatic rings. The van der Waals surface area contributed by atoms with Crippen molar-refractivity contribution in [2.75, 3.05) is 6.54 Å². The zero-order valence-electron chi connectivity index (χ0n) is 11.6. The van der Waals surface area contributed by atoms with Gasteiger partial charge in [-0.05, 0) is 38.8 Å². The van der Waals surface area contributed by atoms with Gasteiger partial charge in [0.05, 0.1) is 6.04 Å². The second-order valence-corrected chi connectivity index (χ2v) is 5.39. The summed E-state index contributed by atoms with van der Waals surface area (Å²) in [6, 6.07) is 9.16. The summed E-state index contributed by atoms with van der Waals surface area (Å²) >= 11 is 0. The van der Waals surface area contributed by atoms with Gasteiger partial charge in [-0.2, -0.15) is 5.10 Å². The van der Waals surface area contributed by atoms with Crippen molar-refractivity contribution in [2.45, 2.75) is 39.3 Å². The lowest BCUT2D eigenvalue weighted by Gasteiger charge is -2.22. The molecule has 0 amide bonds. The largest absolute Gasteiger partial charge is 0.289 e. The van der Waals surface area contributed by atoms with E-state index in [9.17, 15) is 0 Å². The highest BCUT2D eigenvalue weighted by Crippen LogP contribution is 2.31. The Morgan fingerprint density at radius 2 is 2.05 bits per heavy atom. The summed E-state index contributed by atoms with van der Waals surface area (Å²) in [4.78, 5) is 6.97. The van der Waals surface area contributed by atoms with Gasteiger partial charge in [-0.25, -0.2) is 4.98 Å². The molecule has 1 N–H and O–H groups in total. The maximum Gasteiger partial charge on any atom is 0.167 e. The second-order valence-electron chi connectivity index (χ2n) is 5.39. The number of rotatable bonds is 3. The van der Waals surface area contributed by atoms with Crippen LogP contribution in [0, 0.1) is 13.8 Å². The average molecular weight is 256 g/mol. The van der Waals surface area contributed by atoms with Crippen LogP contribution in [0.1, 0.15) is 41.7 Å². The summed E-state index contributed by atoms with van der Waals surface area (Å²) in [5.41, 5.74) is 2.68. The number of H-pyrrole nitrogens is 1. The molecule has 1 atom stereocenters. The average Bonchev–Trinajstić information content (AvgIpc) is 3.01. The molecule has 1 aliphatic heterocycles. The van der Waals surface area contributed by atoms with E-state index in [-0.39, 0.29) is 0 Å². The van der Waals surface area contributed by atoms with Crippen molar-refractivity contribution in [3.8, 4) is 0 Å². The first kappa shape index (κ1) is 12.4. The first-order valence-corrected chi connectivity index (χ1v) is 6.91. The topological polar surface area (TPSA) is 44.8 Å². The van der Waals surface area contributed by atoms with Gasteiger partial charge in [0.15, 0.2) is 5.82 Å². The highest BCUT2D eigenvalue weighted by atomic mass is 15.3. The van der Waals surface area contributed by atoms with Crippen LogP contribution in [0.5, 0.6) is 0 Å². The predicted molar refractivity (Wildman–Crippen MR) is 74.7 cm³/mol. The summed E-state index contributed by atoms with van der Waals surface area (Å²) in [7, 11) is 0. The molecule has 0 bridgehead atoms. The van der Waals surface area contributed by atoms with Crippen LogP contribution in [-0.4, -0.2) is 26.6 Å². The fourth-order valence-electron chi connectivity index (χ4n) is 2.74. The second kappa shape index (κ2) is 5.13. The molecule has 2 aromatic rings. The number of benzene rings is 1. The van der Waals surface area contributed by atoms with E-state index >= 15 is 0 Å². The van der Waals surface area contributed by atoms with E-state index in [2.05, 4.69) is 51.3 Å². The Balaban J connectivity index is 1.74. The highest BCUT2D eigenvalue weighted by molar-refractivity contribution is 5.21. The van der Waals surface area contributed by atoms with Crippen LogP contribution < -0.4 is 0 Å². The molecule has 1 fully saturated rings. The van der Waals surface area contributed by atoms with E-state index in [0.29, 0.717) is 6.04 Å². The lowest BCUT2D eigenvalue weighted by molar-refractivity contribution is 0.240. The molecular weight excluding hydrogens is 236 g/mol. The van der Waals surface area contributed by atoms with Gasteiger partial charge < -0.3 is 0 Å². The van der Waals surface area contributed by atoms with Crippen molar-refractivity contribution in [1.29, 1.82) is 0 Å². The fraction of sp³-hybridized carbons (Fsp3) is 0.467. The molecular formula is C15H20N4. The normalized spacial score (nSPS) is 20.0. The minimum absolute atomic E-state index is 0.367. The number of aromatic amines is 1. The summed E-state index contributed by atoms with van der Waals surface area (Å²) in [6.45, 7) is 6.19. The molecule has 1 aromatic carbocycles. The summed E-state index contributed by atoms with van der Waals surface area (Å²) < 4.78 is 0. The van der Waals surface area contributed by atoms with Crippen molar-refractivity contribution < 1.29 is 0 Å². The molecule has 0 spiro atoms. The third kappa shape index (κ3) is 2.68. The minimum Gasteiger partial charge on any atom is -0.289 e. The molecule has 4 heteroatoms. The van der Waals surface area contributed by atoms with E-state index < -0.39 is 0 Å². The highest BCUT2D eigenvalue weighted by Gasteiger charge is 2.28. The number of hydrogen-bond donors (Lipinski definition) is 1. The van der Waals surface area contributed by atoms with Gasteiger partial charge in [-0.3, -0.25) is 10.00 Å². The van der Waals surface area contributed by atoms with Crippen molar-refractivity contribution in [1.82, 2.24) is 20.1 Å². The molecule has 0 radical (unpaired) electrons. The molecule has 1 saturated heterocycles. The molecule has 19 heavy (non-hydrogen) atoms. The van der Waals surface area contributed by atoms with Crippen LogP contribution in [0.15, 0.2) is 24.3 Å². The molecule has 1 unspecified atom stereocenters. The van der Waals surface area contributed by atoms with Crippen molar-refractivity contribution in [3.05, 3.63) is 47.0 Å². The van der Waals surface area contributed by atoms with Gasteiger partial charge in [-0.15, -0.1) is 0 Å². The van der Waals surface area contributed by atoms with Gasteiger partial charge >= 0.3 is 0 Å². The first-order valence-electron chi connectivity index (χ1n) is 6.91. The fourth-order valence-corrected chi connectivity index (χ4v) is 2.74. The quantitative estimate of drug-likeness (QED) is 0.918. The Hall–Kier alpha value is -1.68. The Labute approximate surface area is 113 Å². The van der Waals surface area contributed by atoms with Crippen molar-refractivity contribution >= 4 is 0 Å². The lowest BCUT2D eigenvalue weighted by Crippen LogP contribution is -2.23. The van der Waals surface area contributed by atoms with Crippen LogP contribution >= 0.6 is 0 Å². The standard InChI is InChI=1S/C15H20N4/c1-11-5-7-13(8-6-11)10-19-9-3-4-14(19)15-16-12(2)17-18-15/h5-8,14H,3-4,9-10H2,1-2H3,(H,16,17,18). The first-order chi connectivity index (χ1) is 9.22. The Bertz CT molecular complexity index is 544. The Kier molecular flexibility index (Phi) is 3.34. The molecule has 0 aliphatic carbocycles. The van der Waals surface area contributed by atoms with Gasteiger partial charge in [0.25, 0.3) is 0 Å². The third-order valence-corrected chi connectivity index (χ3v) is 3.78. The minimum atomic E-state index is 0.367. The summed E-state index contributed by atoms with van der Waals surface area (Å²) in [5.74, 6) is 1.85. The Morgan fingerprint density at radius 1 is 1.26 bits per heavy atom. The summed E-state index contributed by atoms with van der Waals surface area (Å²) in [5, 5.41) is 7.28. The van der Waals surface area contributed by atoms with E-state index in [1.807, 2.05) is 6.92 Å². The smallest absolute Gasteiger partial charge is 0.167 e. The van der Waals surface area contributed by atoms with Gasteiger partial charge in [0.2, 0.25) is 0 Å². The molecule has 3 rings (SSSR count). The molecule has 0 saturated carbocycles. The van der Waals surface area contributed by atoms with Crippen molar-refractivity contribution in [2.24, 2.45) is 0 Å². The van der Waals surface area contributed by atoms with Gasteiger partial charge in [-0.1, -0.05) is 29.8 Å². The van der Waals surface area contributed by atoms with Crippen LogP contribution in [-0.2, 0) is 6.54 Å². The number of aromatic nitrogens is 3. The lowest BCUT2D eigenvalue weighted by atomic mass is 10.1. The van der Waals surface area contributed by atoms with E-state index in [1.54, 1.807) is 0 Å². The number of nitrogens with zero attached hydrogens (tertiary/aromatic N) is 3. The number of nitrogens with one attached hydrogen (secondary N) is 1. The predicted octanol–water partition coefficient (Wildman–Crippen LogP) is 2.76. The molecule has 4 nitrogen and oxygen atoms in total. The van der Waals surface area contributed by atoms with Crippen LogP contribution in [0.25, 0.3) is 0 Å². The van der Waals surface area contributed by atoms with Gasteiger partial charge in [0, 0.05) is 6.54 Å². The number of aryl methyl sites for hydroxylation is 2. The molecule has 2 heterocycles. The molecule has 100 valence electrons. The summed E-state index contributed by atoms with van der Waals surface area (Å²) in [6.07, 6.45) is 2.38. The number of likely N-dealkylation sites (tertiary alicyclic amines) is 1. The van der Waals surface area contributed by atoms with Crippen molar-refractivity contribution in [3.63, 3.8) is 0 Å². The van der Waals surface area contributed by atoms with Crippen LogP contribution in [0.4, 0.5) is 0 Å². The van der Waals surface area contributed by atoms with E-state index in [1.165, 1.54) is 17.5 Å². The Morgan fingerprint density at radius 3 is 2.74 bits per heavy atom. The van der Waals surface area contributed by atoms with Crippen LogP contribution in [0.3, 0.4) is 0 Å². The van der Waals surface area contributed by atoms with E-state index in [0.717, 1.165) is 31.2 Å². The van der Waals surface area contributed by atoms with Crippen LogP contribution in [0.2, 0.25) is 0 Å². The molecule has 1 aromatic heterocycles. The monoisotopic (exact) mass is 256 g/mol. The maximum atomic E-state index is 4.49. The zero-order valence-corrected chi connectivity index (χ0v) is 11.6. The third-order valence-electron chi connectivity index (χ3n) is 3.78. The van der Waals surface area contributed by atoms with Gasteiger partial charge in [0.1, 0.15) is 5.82 Å². The number of hydrogen-bond acceptors (Lipinski definition) is 3.